The molecule has 126 valence electrons. The van der Waals surface area contributed by atoms with Gasteiger partial charge in [0, 0.05) is 31.7 Å². The first-order valence-electron chi connectivity index (χ1n) is 7.86. The minimum atomic E-state index is -0.126. The summed E-state index contributed by atoms with van der Waals surface area (Å²) in [7, 11) is 0. The number of nitrogens with one attached hydrogen (secondary N) is 1. The summed E-state index contributed by atoms with van der Waals surface area (Å²) < 4.78 is 10.8. The lowest BCUT2D eigenvalue weighted by atomic mass is 10.1. The first kappa shape index (κ1) is 15.2. The molecular weight excluding hydrogens is 320 g/mol. The number of aromatic amines is 1. The van der Waals surface area contributed by atoms with Crippen LogP contribution in [0.1, 0.15) is 21.6 Å². The molecule has 0 saturated heterocycles. The van der Waals surface area contributed by atoms with Gasteiger partial charge < -0.3 is 14.4 Å². The molecule has 0 aliphatic carbocycles. The van der Waals surface area contributed by atoms with Crippen molar-refractivity contribution >= 4 is 5.91 Å². The maximum atomic E-state index is 12.8. The van der Waals surface area contributed by atoms with Gasteiger partial charge in [-0.05, 0) is 35.4 Å². The first-order chi connectivity index (χ1) is 12.3. The van der Waals surface area contributed by atoms with Gasteiger partial charge in [0.15, 0.2) is 11.5 Å². The molecule has 25 heavy (non-hydrogen) atoms. The standard InChI is InChI=1S/C18H16N4O3/c23-18(15-5-7-20-21-15)22(11-14-2-1-6-19-9-14)10-13-3-4-16-17(8-13)25-12-24-16/h1-9H,10-12H2,(H,20,21). The van der Waals surface area contributed by atoms with Crippen LogP contribution in [0, 0.1) is 0 Å². The second-order valence-electron chi connectivity index (χ2n) is 5.68. The van der Waals surface area contributed by atoms with Gasteiger partial charge in [-0.1, -0.05) is 12.1 Å². The van der Waals surface area contributed by atoms with E-state index < -0.39 is 0 Å². The highest BCUT2D eigenvalue weighted by molar-refractivity contribution is 5.92. The summed E-state index contributed by atoms with van der Waals surface area (Å²) in [5, 5.41) is 6.59. The molecule has 0 spiro atoms. The summed E-state index contributed by atoms with van der Waals surface area (Å²) in [6, 6.07) is 11.2. The van der Waals surface area contributed by atoms with Gasteiger partial charge in [0.2, 0.25) is 6.79 Å². The minimum Gasteiger partial charge on any atom is -0.454 e. The van der Waals surface area contributed by atoms with Crippen LogP contribution in [0.3, 0.4) is 0 Å². The Hall–Kier alpha value is -3.35. The molecule has 0 bridgehead atoms. The highest BCUT2D eigenvalue weighted by Gasteiger charge is 2.20. The van der Waals surface area contributed by atoms with Crippen molar-refractivity contribution in [2.24, 2.45) is 0 Å². The second kappa shape index (κ2) is 6.64. The third kappa shape index (κ3) is 3.30. The van der Waals surface area contributed by atoms with E-state index in [0.29, 0.717) is 24.5 Å². The molecule has 1 aliphatic rings. The summed E-state index contributed by atoms with van der Waals surface area (Å²) in [6.45, 7) is 1.11. The molecule has 7 nitrogen and oxygen atoms in total. The van der Waals surface area contributed by atoms with Crippen LogP contribution in [0.15, 0.2) is 55.0 Å². The number of fused-ring (bicyclic) bond motifs is 1. The highest BCUT2D eigenvalue weighted by Crippen LogP contribution is 2.33. The fraction of sp³-hybridized carbons (Fsp3) is 0.167. The van der Waals surface area contributed by atoms with Crippen LogP contribution in [0.5, 0.6) is 11.5 Å². The number of carbonyl (C=O) groups excluding carboxylic acids is 1. The van der Waals surface area contributed by atoms with E-state index in [9.17, 15) is 4.79 Å². The Morgan fingerprint density at radius 1 is 1.08 bits per heavy atom. The monoisotopic (exact) mass is 336 g/mol. The van der Waals surface area contributed by atoms with Crippen LogP contribution in [0.4, 0.5) is 0 Å². The van der Waals surface area contributed by atoms with Crippen molar-refractivity contribution in [3.63, 3.8) is 0 Å². The van der Waals surface area contributed by atoms with Crippen LogP contribution in [0.25, 0.3) is 0 Å². The van der Waals surface area contributed by atoms with Gasteiger partial charge in [0.05, 0.1) is 0 Å². The van der Waals surface area contributed by atoms with Crippen molar-refractivity contribution in [3.8, 4) is 11.5 Å². The normalized spacial score (nSPS) is 12.2. The fourth-order valence-corrected chi connectivity index (χ4v) is 2.72. The van der Waals surface area contributed by atoms with Gasteiger partial charge in [-0.25, -0.2) is 0 Å². The topological polar surface area (TPSA) is 80.3 Å². The fourth-order valence-electron chi connectivity index (χ4n) is 2.72. The van der Waals surface area contributed by atoms with E-state index in [1.807, 2.05) is 30.3 Å². The lowest BCUT2D eigenvalue weighted by Gasteiger charge is -2.22. The molecule has 1 N–H and O–H groups in total. The maximum Gasteiger partial charge on any atom is 0.272 e. The van der Waals surface area contributed by atoms with Gasteiger partial charge in [-0.3, -0.25) is 14.9 Å². The minimum absolute atomic E-state index is 0.126. The number of nitrogens with zero attached hydrogens (tertiary/aromatic N) is 3. The van der Waals surface area contributed by atoms with E-state index in [2.05, 4.69) is 15.2 Å². The molecule has 2 aromatic heterocycles. The third-order valence-electron chi connectivity index (χ3n) is 3.93. The van der Waals surface area contributed by atoms with Gasteiger partial charge in [-0.2, -0.15) is 5.10 Å². The smallest absolute Gasteiger partial charge is 0.272 e. The Labute approximate surface area is 144 Å². The van der Waals surface area contributed by atoms with Crippen LogP contribution < -0.4 is 9.47 Å². The van der Waals surface area contributed by atoms with E-state index in [4.69, 9.17) is 9.47 Å². The number of hydrogen-bond donors (Lipinski definition) is 1. The van der Waals surface area contributed by atoms with Crippen molar-refractivity contribution < 1.29 is 14.3 Å². The van der Waals surface area contributed by atoms with Crippen LogP contribution in [0.2, 0.25) is 0 Å². The summed E-state index contributed by atoms with van der Waals surface area (Å²) in [5.41, 5.74) is 2.36. The lowest BCUT2D eigenvalue weighted by Crippen LogP contribution is -2.30. The quantitative estimate of drug-likeness (QED) is 0.774. The van der Waals surface area contributed by atoms with Gasteiger partial charge >= 0.3 is 0 Å². The molecule has 1 amide bonds. The molecule has 0 saturated carbocycles. The Balaban J connectivity index is 1.59. The second-order valence-corrected chi connectivity index (χ2v) is 5.68. The Kier molecular flexibility index (Phi) is 4.04. The zero-order valence-corrected chi connectivity index (χ0v) is 13.4. The van der Waals surface area contributed by atoms with E-state index in [1.54, 1.807) is 29.6 Å². The molecule has 0 atom stereocenters. The molecule has 4 rings (SSSR count). The van der Waals surface area contributed by atoms with Crippen LogP contribution >= 0.6 is 0 Å². The highest BCUT2D eigenvalue weighted by atomic mass is 16.7. The number of pyridine rings is 1. The Morgan fingerprint density at radius 3 is 2.76 bits per heavy atom. The molecule has 0 radical (unpaired) electrons. The third-order valence-corrected chi connectivity index (χ3v) is 3.93. The molecule has 7 heteroatoms. The largest absolute Gasteiger partial charge is 0.454 e. The summed E-state index contributed by atoms with van der Waals surface area (Å²) >= 11 is 0. The molecule has 3 aromatic rings. The number of aromatic nitrogens is 3. The van der Waals surface area contributed by atoms with E-state index >= 15 is 0 Å². The number of rotatable bonds is 5. The van der Waals surface area contributed by atoms with Crippen LogP contribution in [-0.2, 0) is 13.1 Å². The number of amides is 1. The Morgan fingerprint density at radius 2 is 1.96 bits per heavy atom. The zero-order chi connectivity index (χ0) is 17.1. The van der Waals surface area contributed by atoms with E-state index in [0.717, 1.165) is 16.9 Å². The molecule has 0 fully saturated rings. The summed E-state index contributed by atoms with van der Waals surface area (Å²) in [4.78, 5) is 18.7. The number of hydrogen-bond acceptors (Lipinski definition) is 5. The van der Waals surface area contributed by atoms with Crippen molar-refractivity contribution in [3.05, 3.63) is 71.8 Å². The van der Waals surface area contributed by atoms with Crippen molar-refractivity contribution in [2.45, 2.75) is 13.1 Å². The van der Waals surface area contributed by atoms with Gasteiger partial charge in [0.25, 0.3) is 5.91 Å². The summed E-state index contributed by atoms with van der Waals surface area (Å²) in [6.07, 6.45) is 5.03. The predicted molar refractivity (Wildman–Crippen MR) is 89.0 cm³/mol. The molecule has 0 unspecified atom stereocenters. The van der Waals surface area contributed by atoms with Crippen molar-refractivity contribution in [2.75, 3.05) is 6.79 Å². The first-order valence-corrected chi connectivity index (χ1v) is 7.86. The molecular formula is C18H16N4O3. The average molecular weight is 336 g/mol. The van der Waals surface area contributed by atoms with Crippen LogP contribution in [-0.4, -0.2) is 32.8 Å². The van der Waals surface area contributed by atoms with Crippen molar-refractivity contribution in [1.29, 1.82) is 0 Å². The molecule has 1 aromatic carbocycles. The van der Waals surface area contributed by atoms with E-state index in [1.165, 1.54) is 0 Å². The molecule has 3 heterocycles. The number of H-pyrrole nitrogens is 1. The summed E-state index contributed by atoms with van der Waals surface area (Å²) in [5.74, 6) is 1.30. The Bertz CT molecular complexity index is 865. The number of carbonyl (C=O) groups is 1. The van der Waals surface area contributed by atoms with Gasteiger partial charge in [0.1, 0.15) is 5.69 Å². The number of benzene rings is 1. The number of ether oxygens (including phenoxy) is 2. The van der Waals surface area contributed by atoms with Crippen molar-refractivity contribution in [1.82, 2.24) is 20.1 Å². The van der Waals surface area contributed by atoms with Gasteiger partial charge in [-0.15, -0.1) is 0 Å². The SMILES string of the molecule is O=C(c1ccn[nH]1)N(Cc1cccnc1)Cc1ccc2c(c1)OCO2. The zero-order valence-electron chi connectivity index (χ0n) is 13.4. The molecule has 1 aliphatic heterocycles. The van der Waals surface area contributed by atoms with E-state index in [-0.39, 0.29) is 12.7 Å². The maximum absolute atomic E-state index is 12.8. The lowest BCUT2D eigenvalue weighted by molar-refractivity contribution is 0.0723. The predicted octanol–water partition coefficient (Wildman–Crippen LogP) is 2.38. The average Bonchev–Trinajstić information content (AvgIpc) is 3.33.